The van der Waals surface area contributed by atoms with Crippen LogP contribution in [0.5, 0.6) is 11.5 Å². The van der Waals surface area contributed by atoms with Crippen LogP contribution in [-0.2, 0) is 20.8 Å². The third-order valence-electron chi connectivity index (χ3n) is 8.23. The highest BCUT2D eigenvalue weighted by Crippen LogP contribution is 2.35. The van der Waals surface area contributed by atoms with Gasteiger partial charge in [0.25, 0.3) is 0 Å². The quantitative estimate of drug-likeness (QED) is 0.311. The maximum Gasteiger partial charge on any atom is 0.407 e. The minimum atomic E-state index is -0.370. The second-order valence-electron chi connectivity index (χ2n) is 10.9. The minimum absolute atomic E-state index is 0.0277. The van der Waals surface area contributed by atoms with Crippen molar-refractivity contribution in [2.75, 3.05) is 59.1 Å². The topological polar surface area (TPSA) is 90.5 Å². The van der Waals surface area contributed by atoms with Gasteiger partial charge >= 0.3 is 6.09 Å². The summed E-state index contributed by atoms with van der Waals surface area (Å²) in [6, 6.07) is 15.2. The number of carbonyl (C=O) groups is 1. The van der Waals surface area contributed by atoms with Crippen LogP contribution in [0.1, 0.15) is 56.1 Å². The van der Waals surface area contributed by atoms with Crippen molar-refractivity contribution in [2.24, 2.45) is 0 Å². The molecule has 9 heteroatoms. The first-order valence-corrected chi connectivity index (χ1v) is 14.9. The van der Waals surface area contributed by atoms with Crippen LogP contribution >= 0.6 is 0 Å². The summed E-state index contributed by atoms with van der Waals surface area (Å²) in [6.45, 7) is 6.65. The van der Waals surface area contributed by atoms with Crippen LogP contribution in [0.3, 0.4) is 0 Å². The van der Waals surface area contributed by atoms with Crippen LogP contribution in [0.15, 0.2) is 42.5 Å². The number of piperidine rings is 1. The summed E-state index contributed by atoms with van der Waals surface area (Å²) in [5.41, 5.74) is 3.53. The van der Waals surface area contributed by atoms with Gasteiger partial charge in [0, 0.05) is 44.8 Å². The van der Waals surface area contributed by atoms with Gasteiger partial charge in [0.15, 0.2) is 0 Å². The third-order valence-corrected chi connectivity index (χ3v) is 8.23. The molecule has 2 N–H and O–H groups in total. The average Bonchev–Trinajstić information content (AvgIpc) is 3.02. The Bertz CT molecular complexity index is 1080. The van der Waals surface area contributed by atoms with E-state index in [0.717, 1.165) is 81.1 Å². The number of fused-ring (bicyclic) bond motifs is 1. The molecule has 0 spiro atoms. The molecule has 4 rings (SSSR count). The normalized spacial score (nSPS) is 21.0. The standard InChI is InChI=1S/C32H47N3O6/c1-5-25(34-32(36)39-4)10-11-26-20-28(24-8-12-27(38-3)13-9-24)31(21-33-26)41-22-23-7-14-30-29(19-23)35(16-18-40-30)15-6-17-37-2/h7-9,12-14,19,25-26,28,31,33H,5-6,10-11,15-18,20-22H2,1-4H3,(H,34,36)/t25-,26?,28?,31+/m1/s1. The molecule has 1 fully saturated rings. The van der Waals surface area contributed by atoms with Gasteiger partial charge in [-0.05, 0) is 67.5 Å². The SMILES string of the molecule is CC[C@H](CCC1CC(c2ccc(OC)cc2)[C@@H](OCc2ccc3c(c2)N(CCCOC)CCO3)CN1)NC(=O)OC. The number of methoxy groups -OCH3 is 3. The first-order valence-electron chi connectivity index (χ1n) is 14.9. The summed E-state index contributed by atoms with van der Waals surface area (Å²) >= 11 is 0. The number of rotatable bonds is 14. The lowest BCUT2D eigenvalue weighted by Gasteiger charge is -2.38. The van der Waals surface area contributed by atoms with Crippen LogP contribution in [0.2, 0.25) is 0 Å². The van der Waals surface area contributed by atoms with Crippen LogP contribution < -0.4 is 25.0 Å². The van der Waals surface area contributed by atoms with E-state index in [9.17, 15) is 4.79 Å². The third kappa shape index (κ3) is 8.74. The number of carbonyl (C=O) groups excluding carboxylic acids is 1. The largest absolute Gasteiger partial charge is 0.497 e. The monoisotopic (exact) mass is 569 g/mol. The number of hydrogen-bond acceptors (Lipinski definition) is 8. The molecule has 0 radical (unpaired) electrons. The summed E-state index contributed by atoms with van der Waals surface area (Å²) in [4.78, 5) is 14.1. The molecule has 0 bridgehead atoms. The van der Waals surface area contributed by atoms with E-state index in [-0.39, 0.29) is 24.2 Å². The molecule has 2 aromatic carbocycles. The number of nitrogens with one attached hydrogen (secondary N) is 2. The number of nitrogens with zero attached hydrogens (tertiary/aromatic N) is 1. The molecule has 0 saturated carbocycles. The van der Waals surface area contributed by atoms with E-state index >= 15 is 0 Å². The number of alkyl carbamates (subject to hydrolysis) is 1. The van der Waals surface area contributed by atoms with Crippen molar-refractivity contribution in [3.8, 4) is 11.5 Å². The second kappa shape index (κ2) is 15.8. The molecule has 2 heterocycles. The van der Waals surface area contributed by atoms with Crippen molar-refractivity contribution >= 4 is 11.8 Å². The van der Waals surface area contributed by atoms with E-state index in [2.05, 4.69) is 52.8 Å². The van der Waals surface area contributed by atoms with Crippen molar-refractivity contribution in [1.29, 1.82) is 0 Å². The van der Waals surface area contributed by atoms with Crippen LogP contribution in [-0.4, -0.2) is 78.5 Å². The number of ether oxygens (including phenoxy) is 5. The summed E-state index contributed by atoms with van der Waals surface area (Å²) < 4.78 is 28.0. The van der Waals surface area contributed by atoms with Gasteiger partial charge in [0.05, 0.1) is 39.2 Å². The molecule has 4 atom stereocenters. The number of anilines is 1. The van der Waals surface area contributed by atoms with Gasteiger partial charge in [-0.15, -0.1) is 0 Å². The molecule has 2 unspecified atom stereocenters. The Morgan fingerprint density at radius 1 is 1.17 bits per heavy atom. The Morgan fingerprint density at radius 3 is 2.73 bits per heavy atom. The van der Waals surface area contributed by atoms with E-state index in [1.807, 2.05) is 12.1 Å². The van der Waals surface area contributed by atoms with Crippen LogP contribution in [0.4, 0.5) is 10.5 Å². The van der Waals surface area contributed by atoms with Crippen molar-refractivity contribution in [3.05, 3.63) is 53.6 Å². The van der Waals surface area contributed by atoms with Crippen molar-refractivity contribution < 1.29 is 28.5 Å². The van der Waals surface area contributed by atoms with Gasteiger partial charge in [-0.1, -0.05) is 25.1 Å². The molecule has 0 aliphatic carbocycles. The highest BCUT2D eigenvalue weighted by molar-refractivity contribution is 5.67. The van der Waals surface area contributed by atoms with E-state index in [4.69, 9.17) is 23.7 Å². The predicted octanol–water partition coefficient (Wildman–Crippen LogP) is 4.88. The van der Waals surface area contributed by atoms with Crippen molar-refractivity contribution in [3.63, 3.8) is 0 Å². The van der Waals surface area contributed by atoms with Gasteiger partial charge < -0.3 is 39.2 Å². The Hall–Kier alpha value is -3.01. The highest BCUT2D eigenvalue weighted by Gasteiger charge is 2.32. The molecule has 1 saturated heterocycles. The zero-order valence-electron chi connectivity index (χ0n) is 25.0. The first kappa shape index (κ1) is 30.9. The predicted molar refractivity (Wildman–Crippen MR) is 160 cm³/mol. The Kier molecular flexibility index (Phi) is 12.0. The molecule has 0 aromatic heterocycles. The van der Waals surface area contributed by atoms with E-state index in [0.29, 0.717) is 19.3 Å². The summed E-state index contributed by atoms with van der Waals surface area (Å²) in [6.07, 6.45) is 4.31. The Morgan fingerprint density at radius 2 is 2.00 bits per heavy atom. The molecule has 2 aliphatic rings. The molecule has 41 heavy (non-hydrogen) atoms. The second-order valence-corrected chi connectivity index (χ2v) is 10.9. The van der Waals surface area contributed by atoms with Gasteiger partial charge in [-0.2, -0.15) is 0 Å². The average molecular weight is 570 g/mol. The molecule has 1 amide bonds. The smallest absolute Gasteiger partial charge is 0.407 e. The maximum absolute atomic E-state index is 11.7. The summed E-state index contributed by atoms with van der Waals surface area (Å²) in [5.74, 6) is 2.03. The zero-order chi connectivity index (χ0) is 29.0. The van der Waals surface area contributed by atoms with Crippen molar-refractivity contribution in [1.82, 2.24) is 10.6 Å². The highest BCUT2D eigenvalue weighted by atomic mass is 16.5. The lowest BCUT2D eigenvalue weighted by atomic mass is 9.82. The number of hydrogen-bond donors (Lipinski definition) is 2. The minimum Gasteiger partial charge on any atom is -0.497 e. The lowest BCUT2D eigenvalue weighted by Crippen LogP contribution is -2.47. The van der Waals surface area contributed by atoms with Crippen LogP contribution in [0.25, 0.3) is 0 Å². The van der Waals surface area contributed by atoms with E-state index < -0.39 is 0 Å². The molecule has 2 aromatic rings. The molecule has 2 aliphatic heterocycles. The maximum atomic E-state index is 11.7. The summed E-state index contributed by atoms with van der Waals surface area (Å²) in [7, 11) is 4.84. The molecular weight excluding hydrogens is 522 g/mol. The Labute approximate surface area is 244 Å². The fraction of sp³-hybridized carbons (Fsp3) is 0.594. The fourth-order valence-electron chi connectivity index (χ4n) is 5.81. The molecule has 226 valence electrons. The van der Waals surface area contributed by atoms with E-state index in [1.165, 1.54) is 12.7 Å². The summed E-state index contributed by atoms with van der Waals surface area (Å²) in [5, 5.41) is 6.68. The van der Waals surface area contributed by atoms with Gasteiger partial charge in [-0.3, -0.25) is 0 Å². The molecular formula is C32H47N3O6. The van der Waals surface area contributed by atoms with Gasteiger partial charge in [0.1, 0.15) is 18.1 Å². The van der Waals surface area contributed by atoms with Gasteiger partial charge in [0.2, 0.25) is 0 Å². The van der Waals surface area contributed by atoms with Crippen LogP contribution in [0, 0.1) is 0 Å². The number of amides is 1. The number of benzene rings is 2. The zero-order valence-corrected chi connectivity index (χ0v) is 25.0. The Balaban J connectivity index is 1.42. The fourth-order valence-corrected chi connectivity index (χ4v) is 5.81. The first-order chi connectivity index (χ1) is 20.0. The van der Waals surface area contributed by atoms with Crippen molar-refractivity contribution in [2.45, 2.75) is 69.7 Å². The van der Waals surface area contributed by atoms with E-state index in [1.54, 1.807) is 14.2 Å². The lowest BCUT2D eigenvalue weighted by molar-refractivity contribution is 0.00195. The molecule has 9 nitrogen and oxygen atoms in total. The van der Waals surface area contributed by atoms with Gasteiger partial charge in [-0.25, -0.2) is 4.79 Å².